The van der Waals surface area contributed by atoms with Gasteiger partial charge in [-0.2, -0.15) is 0 Å². The Morgan fingerprint density at radius 1 is 1.50 bits per heavy atom. The minimum absolute atomic E-state index is 1.11. The Bertz CT molecular complexity index is 143. The van der Waals surface area contributed by atoms with Gasteiger partial charge >= 0.3 is 0 Å². The van der Waals surface area contributed by atoms with Crippen molar-refractivity contribution in [3.8, 4) is 0 Å². The Kier molecular flexibility index (Phi) is 4.73. The minimum Gasteiger partial charge on any atom is -0.388 e. The highest BCUT2D eigenvalue weighted by molar-refractivity contribution is 5.21. The van der Waals surface area contributed by atoms with Crippen molar-refractivity contribution in [1.29, 1.82) is 0 Å². The number of hydrogen-bond donors (Lipinski definition) is 1. The first-order valence-electron chi connectivity index (χ1n) is 3.76. The molecule has 0 aromatic rings. The van der Waals surface area contributed by atoms with Crippen LogP contribution >= 0.6 is 0 Å². The highest BCUT2D eigenvalue weighted by atomic mass is 14.8. The molecular weight excluding hydrogens is 122 g/mol. The summed E-state index contributed by atoms with van der Waals surface area (Å²) in [6.07, 6.45) is 5.25. The minimum atomic E-state index is 1.11. The summed E-state index contributed by atoms with van der Waals surface area (Å²) in [6, 6.07) is 0. The molecule has 0 atom stereocenters. The molecule has 0 bridgehead atoms. The number of allylic oxidation sites excluding steroid dienone is 3. The Labute approximate surface area is 63.8 Å². The van der Waals surface area contributed by atoms with Gasteiger partial charge < -0.3 is 5.32 Å². The average Bonchev–Trinajstić information content (AvgIpc) is 1.99. The van der Waals surface area contributed by atoms with E-state index in [0.29, 0.717) is 0 Å². The molecule has 0 unspecified atom stereocenters. The zero-order valence-electron chi connectivity index (χ0n) is 7.36. The second kappa shape index (κ2) is 5.10. The van der Waals surface area contributed by atoms with Crippen LogP contribution in [0.5, 0.6) is 0 Å². The van der Waals surface area contributed by atoms with Gasteiger partial charge in [-0.05, 0) is 26.3 Å². The van der Waals surface area contributed by atoms with Crippen LogP contribution in [0.15, 0.2) is 23.4 Å². The summed E-state index contributed by atoms with van der Waals surface area (Å²) in [5.74, 6) is 0. The van der Waals surface area contributed by atoms with Crippen molar-refractivity contribution in [2.75, 3.05) is 7.05 Å². The Balaban J connectivity index is 4.29. The number of likely N-dealkylation sites (N-methyl/N-ethyl adjacent to an activating group) is 1. The van der Waals surface area contributed by atoms with E-state index in [2.05, 4.69) is 25.2 Å². The van der Waals surface area contributed by atoms with Gasteiger partial charge in [-0.15, -0.1) is 0 Å². The molecule has 0 aliphatic heterocycles. The van der Waals surface area contributed by atoms with Crippen LogP contribution in [0.25, 0.3) is 0 Å². The van der Waals surface area contributed by atoms with Gasteiger partial charge in [-0.3, -0.25) is 0 Å². The molecule has 1 nitrogen and oxygen atoms in total. The second-order valence-electron chi connectivity index (χ2n) is 2.30. The summed E-state index contributed by atoms with van der Waals surface area (Å²) >= 11 is 0. The maximum absolute atomic E-state index is 3.15. The topological polar surface area (TPSA) is 12.0 Å². The highest BCUT2D eigenvalue weighted by Crippen LogP contribution is 2.05. The van der Waals surface area contributed by atoms with Crippen LogP contribution in [0.3, 0.4) is 0 Å². The Morgan fingerprint density at radius 3 is 2.40 bits per heavy atom. The van der Waals surface area contributed by atoms with Crippen LogP contribution in [0.1, 0.15) is 27.2 Å². The van der Waals surface area contributed by atoms with Crippen molar-refractivity contribution in [2.45, 2.75) is 27.2 Å². The molecule has 1 N–H and O–H groups in total. The van der Waals surface area contributed by atoms with Crippen LogP contribution in [0.4, 0.5) is 0 Å². The molecule has 0 amide bonds. The van der Waals surface area contributed by atoms with Crippen molar-refractivity contribution in [3.63, 3.8) is 0 Å². The molecule has 1 heteroatoms. The Hall–Kier alpha value is -0.720. The van der Waals surface area contributed by atoms with E-state index in [-0.39, 0.29) is 0 Å². The van der Waals surface area contributed by atoms with E-state index in [4.69, 9.17) is 0 Å². The lowest BCUT2D eigenvalue weighted by Crippen LogP contribution is -2.05. The van der Waals surface area contributed by atoms with E-state index in [1.165, 1.54) is 11.3 Å². The average molecular weight is 139 g/mol. The lowest BCUT2D eigenvalue weighted by atomic mass is 10.2. The van der Waals surface area contributed by atoms with E-state index in [9.17, 15) is 0 Å². The summed E-state index contributed by atoms with van der Waals surface area (Å²) in [5, 5.41) is 3.15. The largest absolute Gasteiger partial charge is 0.388 e. The fourth-order valence-electron chi connectivity index (χ4n) is 0.796. The number of nitrogens with one attached hydrogen (secondary N) is 1. The maximum atomic E-state index is 3.15. The van der Waals surface area contributed by atoms with Gasteiger partial charge in [0.25, 0.3) is 0 Å². The van der Waals surface area contributed by atoms with Gasteiger partial charge in [-0.1, -0.05) is 18.6 Å². The van der Waals surface area contributed by atoms with Crippen LogP contribution < -0.4 is 5.32 Å². The van der Waals surface area contributed by atoms with Gasteiger partial charge in [0.1, 0.15) is 0 Å². The monoisotopic (exact) mass is 139 g/mol. The van der Waals surface area contributed by atoms with E-state index < -0.39 is 0 Å². The standard InChI is InChI=1S/C9H17N/c1-5-7-9(10-4)8(3)6-2/h5,7,10H,6H2,1-4H3/b7-5-,9-8+. The van der Waals surface area contributed by atoms with Crippen LogP contribution in [-0.4, -0.2) is 7.05 Å². The third kappa shape index (κ3) is 2.72. The number of rotatable bonds is 3. The lowest BCUT2D eigenvalue weighted by molar-refractivity contribution is 0.954. The van der Waals surface area contributed by atoms with E-state index >= 15 is 0 Å². The quantitative estimate of drug-likeness (QED) is 0.592. The molecule has 58 valence electrons. The molecule has 0 heterocycles. The predicted molar refractivity (Wildman–Crippen MR) is 46.9 cm³/mol. The fraction of sp³-hybridized carbons (Fsp3) is 0.556. The fourth-order valence-corrected chi connectivity index (χ4v) is 0.796. The molecular formula is C9H17N. The highest BCUT2D eigenvalue weighted by Gasteiger charge is 1.91. The van der Waals surface area contributed by atoms with Gasteiger partial charge in [0.05, 0.1) is 0 Å². The van der Waals surface area contributed by atoms with Gasteiger partial charge in [0.2, 0.25) is 0 Å². The molecule has 0 aliphatic carbocycles. The first-order valence-corrected chi connectivity index (χ1v) is 3.76. The van der Waals surface area contributed by atoms with Crippen molar-refractivity contribution < 1.29 is 0 Å². The molecule has 10 heavy (non-hydrogen) atoms. The van der Waals surface area contributed by atoms with Crippen LogP contribution in [0, 0.1) is 0 Å². The molecule has 0 rings (SSSR count). The summed E-state index contributed by atoms with van der Waals surface area (Å²) in [6.45, 7) is 6.34. The molecule has 0 fully saturated rings. The normalized spacial score (nSPS) is 13.6. The number of hydrogen-bond acceptors (Lipinski definition) is 1. The molecule has 0 aliphatic rings. The lowest BCUT2D eigenvalue weighted by Gasteiger charge is -2.04. The third-order valence-corrected chi connectivity index (χ3v) is 1.59. The van der Waals surface area contributed by atoms with E-state index in [1.807, 2.05) is 20.0 Å². The van der Waals surface area contributed by atoms with Crippen LogP contribution in [-0.2, 0) is 0 Å². The summed E-state index contributed by atoms with van der Waals surface area (Å²) in [4.78, 5) is 0. The molecule has 0 aromatic heterocycles. The van der Waals surface area contributed by atoms with Gasteiger partial charge in [-0.25, -0.2) is 0 Å². The van der Waals surface area contributed by atoms with Gasteiger partial charge in [0, 0.05) is 12.7 Å². The molecule has 0 spiro atoms. The zero-order valence-corrected chi connectivity index (χ0v) is 7.36. The van der Waals surface area contributed by atoms with E-state index in [1.54, 1.807) is 0 Å². The summed E-state index contributed by atoms with van der Waals surface area (Å²) < 4.78 is 0. The smallest absolute Gasteiger partial charge is 0.0323 e. The second-order valence-corrected chi connectivity index (χ2v) is 2.30. The summed E-state index contributed by atoms with van der Waals surface area (Å²) in [5.41, 5.74) is 2.64. The van der Waals surface area contributed by atoms with Crippen molar-refractivity contribution in [2.24, 2.45) is 0 Å². The molecule has 0 saturated heterocycles. The molecule has 0 aromatic carbocycles. The maximum Gasteiger partial charge on any atom is 0.0323 e. The van der Waals surface area contributed by atoms with E-state index in [0.717, 1.165) is 6.42 Å². The zero-order chi connectivity index (χ0) is 7.98. The third-order valence-electron chi connectivity index (χ3n) is 1.59. The van der Waals surface area contributed by atoms with Crippen molar-refractivity contribution in [1.82, 2.24) is 5.32 Å². The van der Waals surface area contributed by atoms with Gasteiger partial charge in [0.15, 0.2) is 0 Å². The Morgan fingerprint density at radius 2 is 2.10 bits per heavy atom. The van der Waals surface area contributed by atoms with Crippen molar-refractivity contribution in [3.05, 3.63) is 23.4 Å². The first-order chi connectivity index (χ1) is 4.76. The SMILES string of the molecule is C/C=C\C(NC)=C(\C)CC. The van der Waals surface area contributed by atoms with Crippen molar-refractivity contribution >= 4 is 0 Å². The van der Waals surface area contributed by atoms with Crippen LogP contribution in [0.2, 0.25) is 0 Å². The first kappa shape index (κ1) is 9.28. The molecule has 0 saturated carbocycles. The predicted octanol–water partition coefficient (Wildman–Crippen LogP) is 2.47. The summed E-state index contributed by atoms with van der Waals surface area (Å²) in [7, 11) is 1.95. The molecule has 0 radical (unpaired) electrons.